The molecule has 94 valence electrons. The van der Waals surface area contributed by atoms with Crippen LogP contribution in [0.4, 0.5) is 0 Å². The zero-order valence-corrected chi connectivity index (χ0v) is 11.4. The first kappa shape index (κ1) is 11.8. The van der Waals surface area contributed by atoms with Crippen molar-refractivity contribution in [2.75, 3.05) is 13.1 Å². The summed E-state index contributed by atoms with van der Waals surface area (Å²) in [5, 5.41) is 3.44. The minimum Gasteiger partial charge on any atom is -0.296 e. The normalized spacial score (nSPS) is 16.7. The second-order valence-electron chi connectivity index (χ2n) is 4.76. The SMILES string of the molecule is CCc1nc(CN2CC(c3cccnc3)C2)cs1. The maximum atomic E-state index is 4.61. The van der Waals surface area contributed by atoms with E-state index in [9.17, 15) is 0 Å². The Kier molecular flexibility index (Phi) is 3.39. The van der Waals surface area contributed by atoms with Crippen LogP contribution in [0, 0.1) is 0 Å². The highest BCUT2D eigenvalue weighted by Gasteiger charge is 2.28. The van der Waals surface area contributed by atoms with Crippen molar-refractivity contribution in [3.05, 3.63) is 46.2 Å². The van der Waals surface area contributed by atoms with Gasteiger partial charge in [0.25, 0.3) is 0 Å². The van der Waals surface area contributed by atoms with Gasteiger partial charge in [0.15, 0.2) is 0 Å². The molecule has 0 radical (unpaired) electrons. The van der Waals surface area contributed by atoms with Crippen LogP contribution in [0.25, 0.3) is 0 Å². The number of hydrogen-bond donors (Lipinski definition) is 0. The molecule has 4 heteroatoms. The van der Waals surface area contributed by atoms with Crippen LogP contribution in [0.3, 0.4) is 0 Å². The summed E-state index contributed by atoms with van der Waals surface area (Å²) in [5.41, 5.74) is 2.59. The Morgan fingerprint density at radius 2 is 2.33 bits per heavy atom. The lowest BCUT2D eigenvalue weighted by Gasteiger charge is -2.39. The molecule has 0 N–H and O–H groups in total. The Morgan fingerprint density at radius 1 is 1.44 bits per heavy atom. The molecule has 1 fully saturated rings. The van der Waals surface area contributed by atoms with E-state index >= 15 is 0 Å². The number of pyridine rings is 1. The van der Waals surface area contributed by atoms with Crippen molar-refractivity contribution in [3.63, 3.8) is 0 Å². The third-order valence-corrected chi connectivity index (χ3v) is 4.44. The third kappa shape index (κ3) is 2.44. The van der Waals surface area contributed by atoms with E-state index in [-0.39, 0.29) is 0 Å². The zero-order chi connectivity index (χ0) is 12.4. The number of nitrogens with zero attached hydrogens (tertiary/aromatic N) is 3. The highest BCUT2D eigenvalue weighted by Crippen LogP contribution is 2.27. The molecule has 1 saturated heterocycles. The average Bonchev–Trinajstić information content (AvgIpc) is 2.82. The largest absolute Gasteiger partial charge is 0.296 e. The van der Waals surface area contributed by atoms with Gasteiger partial charge in [0.2, 0.25) is 0 Å². The predicted molar refractivity (Wildman–Crippen MR) is 73.7 cm³/mol. The molecule has 2 aromatic heterocycles. The van der Waals surface area contributed by atoms with E-state index in [1.54, 1.807) is 11.3 Å². The smallest absolute Gasteiger partial charge is 0.0926 e. The summed E-state index contributed by atoms with van der Waals surface area (Å²) in [4.78, 5) is 11.2. The molecule has 0 aromatic carbocycles. The monoisotopic (exact) mass is 259 g/mol. The molecule has 0 bridgehead atoms. The van der Waals surface area contributed by atoms with Crippen LogP contribution in [0.2, 0.25) is 0 Å². The summed E-state index contributed by atoms with van der Waals surface area (Å²) in [5.74, 6) is 0.656. The quantitative estimate of drug-likeness (QED) is 0.845. The molecule has 0 aliphatic carbocycles. The molecule has 1 aliphatic heterocycles. The molecule has 3 heterocycles. The van der Waals surface area contributed by atoms with Gasteiger partial charge in [-0.3, -0.25) is 9.88 Å². The maximum Gasteiger partial charge on any atom is 0.0926 e. The summed E-state index contributed by atoms with van der Waals surface area (Å²) in [6.45, 7) is 5.41. The van der Waals surface area contributed by atoms with Gasteiger partial charge >= 0.3 is 0 Å². The number of hydrogen-bond acceptors (Lipinski definition) is 4. The van der Waals surface area contributed by atoms with E-state index in [1.165, 1.54) is 16.3 Å². The van der Waals surface area contributed by atoms with Crippen LogP contribution >= 0.6 is 11.3 Å². The maximum absolute atomic E-state index is 4.61. The number of rotatable bonds is 4. The molecule has 3 rings (SSSR count). The van der Waals surface area contributed by atoms with Gasteiger partial charge in [-0.2, -0.15) is 0 Å². The van der Waals surface area contributed by atoms with Gasteiger partial charge in [-0.05, 0) is 18.1 Å². The minimum absolute atomic E-state index is 0.656. The molecule has 1 aliphatic rings. The lowest BCUT2D eigenvalue weighted by molar-refractivity contribution is 0.138. The third-order valence-electron chi connectivity index (χ3n) is 3.40. The van der Waals surface area contributed by atoms with E-state index in [2.05, 4.69) is 33.2 Å². The van der Waals surface area contributed by atoms with E-state index in [1.807, 2.05) is 18.5 Å². The van der Waals surface area contributed by atoms with Crippen molar-refractivity contribution in [2.45, 2.75) is 25.8 Å². The Morgan fingerprint density at radius 3 is 3.00 bits per heavy atom. The molecule has 3 nitrogen and oxygen atoms in total. The predicted octanol–water partition coefficient (Wildman–Crippen LogP) is 2.70. The zero-order valence-electron chi connectivity index (χ0n) is 10.5. The second kappa shape index (κ2) is 5.16. The average molecular weight is 259 g/mol. The highest BCUT2D eigenvalue weighted by atomic mass is 32.1. The molecule has 18 heavy (non-hydrogen) atoms. The first-order valence-corrected chi connectivity index (χ1v) is 7.28. The van der Waals surface area contributed by atoms with E-state index in [0.717, 1.165) is 26.1 Å². The Hall–Kier alpha value is -1.26. The summed E-state index contributed by atoms with van der Waals surface area (Å²) in [6, 6.07) is 4.19. The molecule has 2 aromatic rings. The molecule has 0 spiro atoms. The number of thiazole rings is 1. The summed E-state index contributed by atoms with van der Waals surface area (Å²) in [7, 11) is 0. The molecular weight excluding hydrogens is 242 g/mol. The topological polar surface area (TPSA) is 29.0 Å². The van der Waals surface area contributed by atoms with E-state index < -0.39 is 0 Å². The van der Waals surface area contributed by atoms with Crippen LogP contribution in [0.5, 0.6) is 0 Å². The van der Waals surface area contributed by atoms with Gasteiger partial charge in [0.05, 0.1) is 10.7 Å². The van der Waals surface area contributed by atoms with Crippen LogP contribution < -0.4 is 0 Å². The van der Waals surface area contributed by atoms with Gasteiger partial charge in [-0.1, -0.05) is 13.0 Å². The Balaban J connectivity index is 1.53. The fraction of sp³-hybridized carbons (Fsp3) is 0.429. The summed E-state index contributed by atoms with van der Waals surface area (Å²) >= 11 is 1.78. The molecule has 0 amide bonds. The standard InChI is InChI=1S/C14H17N3S/c1-2-14-16-13(10-18-14)9-17-7-12(8-17)11-4-3-5-15-6-11/h3-6,10,12H,2,7-9H2,1H3. The Bertz CT molecular complexity index is 503. The first-order chi connectivity index (χ1) is 8.85. The lowest BCUT2D eigenvalue weighted by atomic mass is 9.93. The van der Waals surface area contributed by atoms with Crippen LogP contribution in [-0.2, 0) is 13.0 Å². The molecular formula is C14H17N3S. The van der Waals surface area contributed by atoms with E-state index in [4.69, 9.17) is 0 Å². The number of likely N-dealkylation sites (tertiary alicyclic amines) is 1. The highest BCUT2D eigenvalue weighted by molar-refractivity contribution is 7.09. The van der Waals surface area contributed by atoms with Crippen molar-refractivity contribution in [1.29, 1.82) is 0 Å². The van der Waals surface area contributed by atoms with Crippen LogP contribution in [-0.4, -0.2) is 28.0 Å². The van der Waals surface area contributed by atoms with Crippen LogP contribution in [0.1, 0.15) is 29.1 Å². The lowest BCUT2D eigenvalue weighted by Crippen LogP contribution is -2.44. The molecule has 0 atom stereocenters. The van der Waals surface area contributed by atoms with Crippen molar-refractivity contribution in [3.8, 4) is 0 Å². The second-order valence-corrected chi connectivity index (χ2v) is 5.71. The van der Waals surface area contributed by atoms with Crippen molar-refractivity contribution in [2.24, 2.45) is 0 Å². The van der Waals surface area contributed by atoms with Gasteiger partial charge in [-0.15, -0.1) is 11.3 Å². The van der Waals surface area contributed by atoms with Gasteiger partial charge in [0, 0.05) is 43.3 Å². The molecule has 0 saturated carbocycles. The van der Waals surface area contributed by atoms with Crippen LogP contribution in [0.15, 0.2) is 29.9 Å². The Labute approximate surface area is 112 Å². The van der Waals surface area contributed by atoms with Gasteiger partial charge in [-0.25, -0.2) is 4.98 Å². The van der Waals surface area contributed by atoms with Gasteiger partial charge < -0.3 is 0 Å². The number of aromatic nitrogens is 2. The van der Waals surface area contributed by atoms with Crippen molar-refractivity contribution >= 4 is 11.3 Å². The fourth-order valence-corrected chi connectivity index (χ4v) is 3.08. The van der Waals surface area contributed by atoms with Crippen molar-refractivity contribution in [1.82, 2.24) is 14.9 Å². The van der Waals surface area contributed by atoms with E-state index in [0.29, 0.717) is 5.92 Å². The molecule has 0 unspecified atom stereocenters. The van der Waals surface area contributed by atoms with Gasteiger partial charge in [0.1, 0.15) is 0 Å². The summed E-state index contributed by atoms with van der Waals surface area (Å²) < 4.78 is 0. The first-order valence-electron chi connectivity index (χ1n) is 6.40. The minimum atomic E-state index is 0.656. The summed E-state index contributed by atoms with van der Waals surface area (Å²) in [6.07, 6.45) is 4.87. The number of aryl methyl sites for hydroxylation is 1. The fourth-order valence-electron chi connectivity index (χ4n) is 2.34. The van der Waals surface area contributed by atoms with Crippen molar-refractivity contribution < 1.29 is 0 Å².